The third-order valence-corrected chi connectivity index (χ3v) is 2.69. The second-order valence-corrected chi connectivity index (χ2v) is 4.24. The van der Waals surface area contributed by atoms with Crippen molar-refractivity contribution in [3.8, 4) is 5.75 Å². The van der Waals surface area contributed by atoms with E-state index in [0.717, 1.165) is 11.1 Å². The lowest BCUT2D eigenvalue weighted by molar-refractivity contribution is -0.153. The van der Waals surface area contributed by atoms with Gasteiger partial charge in [0.05, 0.1) is 6.04 Å². The number of ether oxygens (including phenoxy) is 1. The number of rotatable bonds is 4. The minimum absolute atomic E-state index is 0.157. The van der Waals surface area contributed by atoms with Gasteiger partial charge in [0.25, 0.3) is 0 Å². The number of aromatic nitrogens is 1. The lowest BCUT2D eigenvalue weighted by atomic mass is 10.0. The van der Waals surface area contributed by atoms with Crippen LogP contribution in [0, 0.1) is 0 Å². The molecular formula is C14H13F3N2O. The molecule has 0 fully saturated rings. The van der Waals surface area contributed by atoms with E-state index in [9.17, 15) is 13.2 Å². The number of nitrogens with zero attached hydrogens (tertiary/aromatic N) is 1. The Bertz CT molecular complexity index is 541. The van der Waals surface area contributed by atoms with Gasteiger partial charge in [0.15, 0.2) is 6.61 Å². The molecule has 0 saturated heterocycles. The molecule has 0 amide bonds. The van der Waals surface area contributed by atoms with Crippen molar-refractivity contribution in [1.29, 1.82) is 0 Å². The maximum atomic E-state index is 12.0. The molecule has 0 bridgehead atoms. The third kappa shape index (κ3) is 3.96. The molecule has 106 valence electrons. The van der Waals surface area contributed by atoms with Crippen molar-refractivity contribution in [2.75, 3.05) is 6.61 Å². The van der Waals surface area contributed by atoms with Gasteiger partial charge in [-0.3, -0.25) is 4.98 Å². The molecule has 1 aromatic carbocycles. The fourth-order valence-corrected chi connectivity index (χ4v) is 1.69. The molecule has 1 atom stereocenters. The molecule has 0 radical (unpaired) electrons. The van der Waals surface area contributed by atoms with Crippen molar-refractivity contribution in [2.24, 2.45) is 5.73 Å². The normalized spacial score (nSPS) is 13.0. The minimum Gasteiger partial charge on any atom is -0.484 e. The maximum Gasteiger partial charge on any atom is 0.422 e. The first-order chi connectivity index (χ1) is 9.46. The Labute approximate surface area is 114 Å². The van der Waals surface area contributed by atoms with Gasteiger partial charge in [-0.1, -0.05) is 18.2 Å². The zero-order chi connectivity index (χ0) is 14.6. The average Bonchev–Trinajstić information content (AvgIpc) is 2.45. The monoisotopic (exact) mass is 282 g/mol. The summed E-state index contributed by atoms with van der Waals surface area (Å²) in [5.74, 6) is 0.157. The standard InChI is InChI=1S/C14H13F3N2O/c15-14(16,17)9-20-12-5-3-10(4-6-12)13(18)11-2-1-7-19-8-11/h1-8,13H,9,18H2. The van der Waals surface area contributed by atoms with E-state index in [1.807, 2.05) is 6.07 Å². The summed E-state index contributed by atoms with van der Waals surface area (Å²) in [6, 6.07) is 9.46. The molecule has 0 aliphatic carbocycles. The van der Waals surface area contributed by atoms with Crippen LogP contribution in [-0.2, 0) is 0 Å². The Morgan fingerprint density at radius 1 is 1.10 bits per heavy atom. The maximum absolute atomic E-state index is 12.0. The van der Waals surface area contributed by atoms with Crippen LogP contribution in [0.3, 0.4) is 0 Å². The fourth-order valence-electron chi connectivity index (χ4n) is 1.69. The van der Waals surface area contributed by atoms with E-state index in [1.165, 1.54) is 12.1 Å². The summed E-state index contributed by atoms with van der Waals surface area (Å²) in [6.45, 7) is -1.30. The first kappa shape index (κ1) is 14.3. The molecule has 20 heavy (non-hydrogen) atoms. The molecule has 1 aromatic heterocycles. The largest absolute Gasteiger partial charge is 0.484 e. The van der Waals surface area contributed by atoms with Gasteiger partial charge in [-0.25, -0.2) is 0 Å². The van der Waals surface area contributed by atoms with Gasteiger partial charge in [0, 0.05) is 12.4 Å². The lowest BCUT2D eigenvalue weighted by Crippen LogP contribution is -2.19. The van der Waals surface area contributed by atoms with Gasteiger partial charge < -0.3 is 10.5 Å². The number of alkyl halides is 3. The second-order valence-electron chi connectivity index (χ2n) is 4.24. The highest BCUT2D eigenvalue weighted by molar-refractivity contribution is 5.34. The minimum atomic E-state index is -4.34. The Kier molecular flexibility index (Phi) is 4.24. The van der Waals surface area contributed by atoms with Crippen molar-refractivity contribution in [3.63, 3.8) is 0 Å². The van der Waals surface area contributed by atoms with Crippen molar-refractivity contribution in [1.82, 2.24) is 4.98 Å². The molecule has 2 rings (SSSR count). The molecular weight excluding hydrogens is 269 g/mol. The average molecular weight is 282 g/mol. The second kappa shape index (κ2) is 5.92. The zero-order valence-electron chi connectivity index (χ0n) is 10.5. The van der Waals surface area contributed by atoms with E-state index in [4.69, 9.17) is 5.73 Å². The Morgan fingerprint density at radius 2 is 1.80 bits per heavy atom. The smallest absolute Gasteiger partial charge is 0.422 e. The van der Waals surface area contributed by atoms with E-state index < -0.39 is 12.8 Å². The molecule has 2 aromatic rings. The molecule has 1 heterocycles. The Morgan fingerprint density at radius 3 is 2.35 bits per heavy atom. The highest BCUT2D eigenvalue weighted by Crippen LogP contribution is 2.23. The van der Waals surface area contributed by atoms with Crippen molar-refractivity contribution < 1.29 is 17.9 Å². The van der Waals surface area contributed by atoms with Gasteiger partial charge in [0.1, 0.15) is 5.75 Å². The summed E-state index contributed by atoms with van der Waals surface area (Å²) >= 11 is 0. The number of halogens is 3. The van der Waals surface area contributed by atoms with Crippen LogP contribution in [0.1, 0.15) is 17.2 Å². The zero-order valence-corrected chi connectivity index (χ0v) is 10.5. The summed E-state index contributed by atoms with van der Waals surface area (Å²) in [5, 5.41) is 0. The fraction of sp³-hybridized carbons (Fsp3) is 0.214. The highest BCUT2D eigenvalue weighted by atomic mass is 19.4. The van der Waals surface area contributed by atoms with Crippen LogP contribution < -0.4 is 10.5 Å². The van der Waals surface area contributed by atoms with Gasteiger partial charge in [0.2, 0.25) is 0 Å². The van der Waals surface area contributed by atoms with E-state index in [1.54, 1.807) is 30.6 Å². The van der Waals surface area contributed by atoms with Gasteiger partial charge in [-0.05, 0) is 29.3 Å². The van der Waals surface area contributed by atoms with Crippen LogP contribution >= 0.6 is 0 Å². The molecule has 0 spiro atoms. The van der Waals surface area contributed by atoms with E-state index in [0.29, 0.717) is 0 Å². The van der Waals surface area contributed by atoms with Gasteiger partial charge >= 0.3 is 6.18 Å². The molecule has 6 heteroatoms. The molecule has 1 unspecified atom stereocenters. The highest BCUT2D eigenvalue weighted by Gasteiger charge is 2.28. The van der Waals surface area contributed by atoms with Crippen LogP contribution in [0.15, 0.2) is 48.8 Å². The van der Waals surface area contributed by atoms with Crippen LogP contribution in [0.4, 0.5) is 13.2 Å². The quantitative estimate of drug-likeness (QED) is 0.937. The molecule has 0 aliphatic heterocycles. The van der Waals surface area contributed by atoms with E-state index in [2.05, 4.69) is 9.72 Å². The molecule has 2 N–H and O–H groups in total. The van der Waals surface area contributed by atoms with E-state index >= 15 is 0 Å². The summed E-state index contributed by atoms with van der Waals surface area (Å²) < 4.78 is 40.7. The summed E-state index contributed by atoms with van der Waals surface area (Å²) in [5.41, 5.74) is 7.65. The molecule has 3 nitrogen and oxygen atoms in total. The Hall–Kier alpha value is -2.08. The van der Waals surface area contributed by atoms with E-state index in [-0.39, 0.29) is 11.8 Å². The van der Waals surface area contributed by atoms with Crippen LogP contribution in [0.25, 0.3) is 0 Å². The first-order valence-electron chi connectivity index (χ1n) is 5.91. The molecule has 0 saturated carbocycles. The third-order valence-electron chi connectivity index (χ3n) is 2.69. The SMILES string of the molecule is NC(c1ccc(OCC(F)(F)F)cc1)c1cccnc1. The summed E-state index contributed by atoms with van der Waals surface area (Å²) in [6.07, 6.45) is -1.05. The summed E-state index contributed by atoms with van der Waals surface area (Å²) in [4.78, 5) is 3.98. The molecule has 0 aliphatic rings. The number of benzene rings is 1. The number of pyridine rings is 1. The van der Waals surface area contributed by atoms with Crippen LogP contribution in [-0.4, -0.2) is 17.8 Å². The van der Waals surface area contributed by atoms with Crippen molar-refractivity contribution in [2.45, 2.75) is 12.2 Å². The number of hydrogen-bond acceptors (Lipinski definition) is 3. The lowest BCUT2D eigenvalue weighted by Gasteiger charge is -2.13. The predicted octanol–water partition coefficient (Wildman–Crippen LogP) is 3.07. The number of nitrogens with two attached hydrogens (primary N) is 1. The first-order valence-corrected chi connectivity index (χ1v) is 5.91. The predicted molar refractivity (Wildman–Crippen MR) is 68.3 cm³/mol. The summed E-state index contributed by atoms with van der Waals surface area (Å²) in [7, 11) is 0. The van der Waals surface area contributed by atoms with Crippen LogP contribution in [0.2, 0.25) is 0 Å². The van der Waals surface area contributed by atoms with Gasteiger partial charge in [-0.2, -0.15) is 13.2 Å². The number of hydrogen-bond donors (Lipinski definition) is 1. The van der Waals surface area contributed by atoms with Gasteiger partial charge in [-0.15, -0.1) is 0 Å². The Balaban J connectivity index is 2.05. The van der Waals surface area contributed by atoms with Crippen molar-refractivity contribution >= 4 is 0 Å². The van der Waals surface area contributed by atoms with Crippen LogP contribution in [0.5, 0.6) is 5.75 Å². The topological polar surface area (TPSA) is 48.1 Å². The van der Waals surface area contributed by atoms with Crippen molar-refractivity contribution in [3.05, 3.63) is 59.9 Å².